The van der Waals surface area contributed by atoms with E-state index in [0.29, 0.717) is 32.2 Å². The molecule has 1 amide bonds. The fraction of sp³-hybridized carbons (Fsp3) is 0.562. The van der Waals surface area contributed by atoms with E-state index in [-0.39, 0.29) is 12.1 Å². The Hall–Kier alpha value is -1.99. The maximum absolute atomic E-state index is 13.4. The molecule has 13 heteroatoms. The summed E-state index contributed by atoms with van der Waals surface area (Å²) >= 11 is 0. The van der Waals surface area contributed by atoms with Crippen molar-refractivity contribution in [2.75, 3.05) is 26.2 Å². The molecule has 9 nitrogen and oxygen atoms in total. The zero-order valence-corrected chi connectivity index (χ0v) is 17.7. The highest BCUT2D eigenvalue weighted by Crippen LogP contribution is 2.25. The number of carbonyl (C=O) groups excluding carboxylic acids is 1. The van der Waals surface area contributed by atoms with Crippen LogP contribution >= 0.6 is 0 Å². The third kappa shape index (κ3) is 7.74. The maximum atomic E-state index is 13.4. The zero-order valence-electron chi connectivity index (χ0n) is 16.1. The third-order valence-electron chi connectivity index (χ3n) is 3.85. The van der Waals surface area contributed by atoms with Crippen molar-refractivity contribution in [3.63, 3.8) is 0 Å². The van der Waals surface area contributed by atoms with Crippen molar-refractivity contribution in [3.8, 4) is 5.75 Å². The molecule has 0 aliphatic carbocycles. The van der Waals surface area contributed by atoms with E-state index in [1.165, 1.54) is 4.90 Å². The number of hydrogen-bond donors (Lipinski definition) is 0. The first-order chi connectivity index (χ1) is 13.1. The molecule has 0 bridgehead atoms. The molecular weight excluding hydrogens is 434 g/mol. The first-order valence-corrected chi connectivity index (χ1v) is 11.2. The third-order valence-corrected chi connectivity index (χ3v) is 5.04. The summed E-state index contributed by atoms with van der Waals surface area (Å²) in [6.45, 7) is 6.87. The minimum absolute atomic E-state index is 0.105. The molecule has 1 fully saturated rings. The van der Waals surface area contributed by atoms with Gasteiger partial charge in [-0.2, -0.15) is 16.8 Å². The van der Waals surface area contributed by atoms with E-state index in [1.807, 2.05) is 4.90 Å². The average Bonchev–Trinajstić information content (AvgIpc) is 2.51. The summed E-state index contributed by atoms with van der Waals surface area (Å²) in [5.41, 5.74) is -0.423. The number of carbonyl (C=O) groups is 1. The fourth-order valence-electron chi connectivity index (χ4n) is 2.70. The van der Waals surface area contributed by atoms with Crippen molar-refractivity contribution in [1.29, 1.82) is 0 Å². The molecule has 1 aromatic rings. The van der Waals surface area contributed by atoms with Crippen molar-refractivity contribution in [1.82, 2.24) is 9.80 Å². The summed E-state index contributed by atoms with van der Waals surface area (Å²) in [4.78, 5) is 14.6. The molecule has 1 aliphatic heterocycles. The van der Waals surface area contributed by atoms with Crippen LogP contribution in [0.4, 0.5) is 12.6 Å². The Kier molecular flexibility index (Phi) is 6.75. The molecule has 1 aromatic carbocycles. The number of hydrogen-bond acceptors (Lipinski definition) is 8. The molecule has 1 saturated heterocycles. The van der Waals surface area contributed by atoms with Crippen molar-refractivity contribution in [2.45, 2.75) is 37.8 Å². The van der Waals surface area contributed by atoms with Crippen LogP contribution in [-0.4, -0.2) is 64.5 Å². The minimum Gasteiger partial charge on any atom is -0.444 e. The molecule has 2 rings (SSSR count). The lowest BCUT2D eigenvalue weighted by molar-refractivity contribution is 0.0139. The van der Waals surface area contributed by atoms with Gasteiger partial charge in [0.25, 0.3) is 0 Å². The Morgan fingerprint density at radius 1 is 1.03 bits per heavy atom. The molecule has 0 unspecified atom stereocenters. The van der Waals surface area contributed by atoms with Gasteiger partial charge in [-0.1, -0.05) is 3.89 Å². The lowest BCUT2D eigenvalue weighted by Gasteiger charge is -2.35. The Labute approximate surface area is 168 Å². The first-order valence-electron chi connectivity index (χ1n) is 8.55. The maximum Gasteiger partial charge on any atom is 0.488 e. The zero-order chi connectivity index (χ0) is 22.0. The summed E-state index contributed by atoms with van der Waals surface area (Å²) in [6, 6.07) is 2.69. The van der Waals surface area contributed by atoms with Gasteiger partial charge in [-0.15, -0.1) is 3.89 Å². The van der Waals surface area contributed by atoms with E-state index in [1.54, 1.807) is 20.8 Å². The molecule has 29 heavy (non-hydrogen) atoms. The Bertz CT molecular complexity index is 967. The van der Waals surface area contributed by atoms with Gasteiger partial charge in [-0.05, 0) is 38.5 Å². The monoisotopic (exact) mass is 456 g/mol. The number of rotatable bonds is 5. The Morgan fingerprint density at radius 3 is 2.10 bits per heavy atom. The number of piperazine rings is 1. The summed E-state index contributed by atoms with van der Waals surface area (Å²) in [7, 11) is -10.6. The lowest BCUT2D eigenvalue weighted by Crippen LogP contribution is -2.49. The highest BCUT2D eigenvalue weighted by molar-refractivity contribution is 7.86. The van der Waals surface area contributed by atoms with Gasteiger partial charge in [0.1, 0.15) is 16.2 Å². The van der Waals surface area contributed by atoms with Gasteiger partial charge < -0.3 is 13.8 Å². The first kappa shape index (κ1) is 23.3. The van der Waals surface area contributed by atoms with Gasteiger partial charge in [0.2, 0.25) is 0 Å². The van der Waals surface area contributed by atoms with E-state index < -0.39 is 43.1 Å². The summed E-state index contributed by atoms with van der Waals surface area (Å²) < 4.78 is 79.2. The van der Waals surface area contributed by atoms with Gasteiger partial charge in [0, 0.05) is 38.8 Å². The molecule has 0 atom stereocenters. The van der Waals surface area contributed by atoms with Crippen LogP contribution in [0.25, 0.3) is 0 Å². The van der Waals surface area contributed by atoms with Crippen molar-refractivity contribution >= 4 is 26.8 Å². The second-order valence-electron chi connectivity index (χ2n) is 7.47. The molecule has 0 spiro atoms. The molecule has 1 aliphatic rings. The molecule has 164 valence electrons. The van der Waals surface area contributed by atoms with E-state index >= 15 is 0 Å². The van der Waals surface area contributed by atoms with E-state index in [4.69, 9.17) is 4.74 Å². The smallest absolute Gasteiger partial charge is 0.444 e. The minimum atomic E-state index is -5.41. The number of halogens is 2. The predicted molar refractivity (Wildman–Crippen MR) is 98.5 cm³/mol. The quantitative estimate of drug-likeness (QED) is 0.619. The van der Waals surface area contributed by atoms with Gasteiger partial charge in [0.15, 0.2) is 0 Å². The molecule has 0 radical (unpaired) electrons. The highest BCUT2D eigenvalue weighted by Gasteiger charge is 2.26. The lowest BCUT2D eigenvalue weighted by atomic mass is 10.2. The van der Waals surface area contributed by atoms with Crippen molar-refractivity contribution in [2.24, 2.45) is 0 Å². The van der Waals surface area contributed by atoms with E-state index in [9.17, 15) is 29.4 Å². The Balaban J connectivity index is 2.10. The molecule has 0 aromatic heterocycles. The highest BCUT2D eigenvalue weighted by atomic mass is 32.3. The average molecular weight is 456 g/mol. The molecular formula is C16H22F2N2O7S2. The number of ether oxygens (including phenoxy) is 1. The summed E-state index contributed by atoms with van der Waals surface area (Å²) in [6.07, 6.45) is -0.452. The van der Waals surface area contributed by atoms with Gasteiger partial charge in [-0.3, -0.25) is 4.90 Å². The van der Waals surface area contributed by atoms with Gasteiger partial charge in [0.05, 0.1) is 0 Å². The second kappa shape index (κ2) is 8.40. The van der Waals surface area contributed by atoms with Crippen LogP contribution < -0.4 is 4.18 Å². The van der Waals surface area contributed by atoms with Crippen LogP contribution in [0.5, 0.6) is 5.75 Å². The number of nitrogens with zero attached hydrogens (tertiary/aromatic N) is 2. The van der Waals surface area contributed by atoms with Crippen LogP contribution in [0.2, 0.25) is 0 Å². The number of benzene rings is 1. The van der Waals surface area contributed by atoms with Crippen LogP contribution in [0.1, 0.15) is 26.3 Å². The van der Waals surface area contributed by atoms with E-state index in [2.05, 4.69) is 4.18 Å². The predicted octanol–water partition coefficient (Wildman–Crippen LogP) is 1.99. The van der Waals surface area contributed by atoms with Crippen molar-refractivity contribution in [3.05, 3.63) is 23.8 Å². The van der Waals surface area contributed by atoms with Crippen molar-refractivity contribution < 1.29 is 38.3 Å². The van der Waals surface area contributed by atoms with E-state index in [0.717, 1.165) is 12.1 Å². The normalized spacial score (nSPS) is 16.5. The molecule has 0 N–H and O–H groups in total. The fourth-order valence-corrected chi connectivity index (χ4v) is 3.57. The molecule has 1 heterocycles. The van der Waals surface area contributed by atoms with Crippen LogP contribution in [-0.2, 0) is 32.0 Å². The Morgan fingerprint density at radius 2 is 1.62 bits per heavy atom. The number of amides is 1. The van der Waals surface area contributed by atoms with Gasteiger partial charge >= 0.3 is 26.8 Å². The molecule has 0 saturated carbocycles. The SMILES string of the molecule is CC(C)(C)OC(=O)N1CCN(Cc2cc(OS(=O)(=O)F)cc(S(=O)(=O)F)c2)CC1. The topological polar surface area (TPSA) is 110 Å². The van der Waals surface area contributed by atoms with Crippen LogP contribution in [0, 0.1) is 0 Å². The standard InChI is InChI=1S/C16H22F2N2O7S2/c1-16(2,3)26-15(21)20-6-4-19(5-7-20)11-12-8-13(27-29(18,24)25)10-14(9-12)28(17,22)23/h8-10H,4-7,11H2,1-3H3. The van der Waals surface area contributed by atoms with Crippen LogP contribution in [0.3, 0.4) is 0 Å². The van der Waals surface area contributed by atoms with Gasteiger partial charge in [-0.25, -0.2) is 4.79 Å². The second-order valence-corrected chi connectivity index (χ2v) is 9.77. The van der Waals surface area contributed by atoms with Crippen LogP contribution in [0.15, 0.2) is 23.1 Å². The summed E-state index contributed by atoms with van der Waals surface area (Å²) in [5.74, 6) is -0.659. The summed E-state index contributed by atoms with van der Waals surface area (Å²) in [5, 5.41) is 0. The largest absolute Gasteiger partial charge is 0.488 e.